The molecule has 0 aliphatic rings. The van der Waals surface area contributed by atoms with Crippen molar-refractivity contribution in [3.63, 3.8) is 0 Å². The molecule has 4 nitrogen and oxygen atoms in total. The van der Waals surface area contributed by atoms with Gasteiger partial charge in [0.1, 0.15) is 5.82 Å². The second-order valence-electron chi connectivity index (χ2n) is 3.56. The zero-order valence-electron chi connectivity index (χ0n) is 9.87. The molecule has 92 valence electrons. The van der Waals surface area contributed by atoms with Crippen LogP contribution in [0, 0.1) is 5.82 Å². The van der Waals surface area contributed by atoms with E-state index in [-0.39, 0.29) is 12.1 Å². The van der Waals surface area contributed by atoms with Gasteiger partial charge in [0.05, 0.1) is 5.56 Å². The van der Waals surface area contributed by atoms with E-state index in [0.29, 0.717) is 6.54 Å². The third-order valence-corrected chi connectivity index (χ3v) is 2.31. The lowest BCUT2D eigenvalue weighted by Crippen LogP contribution is -2.39. The predicted octanol–water partition coefficient (Wildman–Crippen LogP) is 1.03. The number of carbonyl (C=O) groups is 2. The minimum Gasteiger partial charge on any atom is -0.318 e. The summed E-state index contributed by atoms with van der Waals surface area (Å²) in [6, 6.07) is 5.63. The standard InChI is InChI=1S/C12H15FN2O2/c1-9(16)15(8-7-14-2)12(17)10-5-3-4-6-11(10)13/h3-6,14H,7-8H2,1-2H3. The van der Waals surface area contributed by atoms with Gasteiger partial charge in [-0.15, -0.1) is 0 Å². The zero-order chi connectivity index (χ0) is 12.8. The number of benzene rings is 1. The normalized spacial score (nSPS) is 10.1. The molecule has 0 saturated carbocycles. The Bertz CT molecular complexity index is 421. The van der Waals surface area contributed by atoms with Crippen LogP contribution in [0.1, 0.15) is 17.3 Å². The van der Waals surface area contributed by atoms with E-state index in [1.165, 1.54) is 25.1 Å². The maximum absolute atomic E-state index is 13.4. The summed E-state index contributed by atoms with van der Waals surface area (Å²) in [5.41, 5.74) is -0.0844. The maximum atomic E-state index is 13.4. The summed E-state index contributed by atoms with van der Waals surface area (Å²) in [4.78, 5) is 24.3. The highest BCUT2D eigenvalue weighted by Gasteiger charge is 2.21. The second-order valence-corrected chi connectivity index (χ2v) is 3.56. The van der Waals surface area contributed by atoms with Gasteiger partial charge in [-0.05, 0) is 19.2 Å². The number of nitrogens with one attached hydrogen (secondary N) is 1. The van der Waals surface area contributed by atoms with Gasteiger partial charge in [-0.3, -0.25) is 14.5 Å². The second kappa shape index (κ2) is 6.10. The fourth-order valence-electron chi connectivity index (χ4n) is 1.41. The topological polar surface area (TPSA) is 49.4 Å². The van der Waals surface area contributed by atoms with E-state index in [4.69, 9.17) is 0 Å². The molecule has 5 heteroatoms. The van der Waals surface area contributed by atoms with Crippen LogP contribution in [0.2, 0.25) is 0 Å². The Morgan fingerprint density at radius 2 is 2.00 bits per heavy atom. The van der Waals surface area contributed by atoms with E-state index in [9.17, 15) is 14.0 Å². The molecule has 0 saturated heterocycles. The Morgan fingerprint density at radius 3 is 2.53 bits per heavy atom. The van der Waals surface area contributed by atoms with Crippen molar-refractivity contribution in [2.24, 2.45) is 0 Å². The van der Waals surface area contributed by atoms with Gasteiger partial charge in [-0.1, -0.05) is 12.1 Å². The SMILES string of the molecule is CNCCN(C(C)=O)C(=O)c1ccccc1F. The number of hydrogen-bond acceptors (Lipinski definition) is 3. The van der Waals surface area contributed by atoms with Gasteiger partial charge in [0.25, 0.3) is 5.91 Å². The number of halogens is 1. The first-order valence-electron chi connectivity index (χ1n) is 5.29. The first kappa shape index (κ1) is 13.3. The first-order chi connectivity index (χ1) is 8.07. The Balaban J connectivity index is 2.92. The molecule has 0 aliphatic carbocycles. The average molecular weight is 238 g/mol. The van der Waals surface area contributed by atoms with E-state index in [1.54, 1.807) is 13.1 Å². The minimum absolute atomic E-state index is 0.0844. The van der Waals surface area contributed by atoms with Crippen molar-refractivity contribution in [1.82, 2.24) is 10.2 Å². The van der Waals surface area contributed by atoms with Gasteiger partial charge >= 0.3 is 0 Å². The molecular weight excluding hydrogens is 223 g/mol. The van der Waals surface area contributed by atoms with E-state index < -0.39 is 17.6 Å². The van der Waals surface area contributed by atoms with Gasteiger partial charge < -0.3 is 5.32 Å². The van der Waals surface area contributed by atoms with Crippen LogP contribution >= 0.6 is 0 Å². The molecule has 1 aromatic carbocycles. The van der Waals surface area contributed by atoms with Crippen molar-refractivity contribution in [3.8, 4) is 0 Å². The summed E-state index contributed by atoms with van der Waals surface area (Å²) in [5.74, 6) is -1.62. The summed E-state index contributed by atoms with van der Waals surface area (Å²) in [6.07, 6.45) is 0. The average Bonchev–Trinajstić information content (AvgIpc) is 2.29. The molecule has 0 bridgehead atoms. The summed E-state index contributed by atoms with van der Waals surface area (Å²) >= 11 is 0. The molecule has 1 rings (SSSR count). The Labute approximate surface area is 99.4 Å². The maximum Gasteiger partial charge on any atom is 0.263 e. The molecule has 0 aliphatic heterocycles. The van der Waals surface area contributed by atoms with Crippen molar-refractivity contribution in [1.29, 1.82) is 0 Å². The predicted molar refractivity (Wildman–Crippen MR) is 62.0 cm³/mol. The third kappa shape index (κ3) is 3.35. The summed E-state index contributed by atoms with van der Waals surface area (Å²) < 4.78 is 13.4. The fraction of sp³-hybridized carbons (Fsp3) is 0.333. The van der Waals surface area contributed by atoms with Crippen LogP contribution in [-0.4, -0.2) is 36.9 Å². The van der Waals surface area contributed by atoms with Gasteiger partial charge in [0, 0.05) is 20.0 Å². The van der Waals surface area contributed by atoms with Crippen molar-refractivity contribution >= 4 is 11.8 Å². The number of imide groups is 1. The molecule has 2 amide bonds. The molecule has 0 fully saturated rings. The Morgan fingerprint density at radius 1 is 1.35 bits per heavy atom. The van der Waals surface area contributed by atoms with E-state index in [0.717, 1.165) is 4.90 Å². The molecule has 0 radical (unpaired) electrons. The van der Waals surface area contributed by atoms with Gasteiger partial charge in [-0.25, -0.2) is 4.39 Å². The fourth-order valence-corrected chi connectivity index (χ4v) is 1.41. The largest absolute Gasteiger partial charge is 0.318 e. The smallest absolute Gasteiger partial charge is 0.263 e. The van der Waals surface area contributed by atoms with Crippen LogP contribution in [-0.2, 0) is 4.79 Å². The van der Waals surface area contributed by atoms with Crippen LogP contribution < -0.4 is 5.32 Å². The summed E-state index contributed by atoms with van der Waals surface area (Å²) in [6.45, 7) is 1.98. The Kier molecular flexibility index (Phi) is 4.78. The monoisotopic (exact) mass is 238 g/mol. The van der Waals surface area contributed by atoms with Crippen LogP contribution in [0.5, 0.6) is 0 Å². The number of amides is 2. The first-order valence-corrected chi connectivity index (χ1v) is 5.29. The Hall–Kier alpha value is -1.75. The van der Waals surface area contributed by atoms with Crippen LogP contribution in [0.25, 0.3) is 0 Å². The molecule has 0 heterocycles. The van der Waals surface area contributed by atoms with Crippen LogP contribution in [0.4, 0.5) is 4.39 Å². The number of likely N-dealkylation sites (N-methyl/N-ethyl adjacent to an activating group) is 1. The van der Waals surface area contributed by atoms with Gasteiger partial charge in [0.15, 0.2) is 0 Å². The van der Waals surface area contributed by atoms with Crippen molar-refractivity contribution < 1.29 is 14.0 Å². The summed E-state index contributed by atoms with van der Waals surface area (Å²) in [7, 11) is 1.71. The van der Waals surface area contributed by atoms with Gasteiger partial charge in [-0.2, -0.15) is 0 Å². The highest BCUT2D eigenvalue weighted by Crippen LogP contribution is 2.10. The lowest BCUT2D eigenvalue weighted by atomic mass is 10.2. The molecular formula is C12H15FN2O2. The molecule has 0 spiro atoms. The lowest BCUT2D eigenvalue weighted by Gasteiger charge is -2.19. The van der Waals surface area contributed by atoms with E-state index in [1.807, 2.05) is 0 Å². The number of rotatable bonds is 4. The number of hydrogen-bond donors (Lipinski definition) is 1. The molecule has 0 atom stereocenters. The number of carbonyl (C=O) groups excluding carboxylic acids is 2. The molecule has 1 N–H and O–H groups in total. The highest BCUT2D eigenvalue weighted by molar-refractivity contribution is 6.04. The molecule has 0 unspecified atom stereocenters. The number of nitrogens with zero attached hydrogens (tertiary/aromatic N) is 1. The van der Waals surface area contributed by atoms with E-state index in [2.05, 4.69) is 5.32 Å². The van der Waals surface area contributed by atoms with Crippen molar-refractivity contribution in [2.45, 2.75) is 6.92 Å². The summed E-state index contributed by atoms with van der Waals surface area (Å²) in [5, 5.41) is 2.83. The molecule has 17 heavy (non-hydrogen) atoms. The van der Waals surface area contributed by atoms with Crippen molar-refractivity contribution in [3.05, 3.63) is 35.6 Å². The van der Waals surface area contributed by atoms with Gasteiger partial charge in [0.2, 0.25) is 5.91 Å². The highest BCUT2D eigenvalue weighted by atomic mass is 19.1. The molecule has 1 aromatic rings. The van der Waals surface area contributed by atoms with Crippen molar-refractivity contribution in [2.75, 3.05) is 20.1 Å². The third-order valence-electron chi connectivity index (χ3n) is 2.31. The quantitative estimate of drug-likeness (QED) is 0.852. The molecule has 0 aromatic heterocycles. The van der Waals surface area contributed by atoms with Crippen LogP contribution in [0.15, 0.2) is 24.3 Å². The lowest BCUT2D eigenvalue weighted by molar-refractivity contribution is -0.126. The zero-order valence-corrected chi connectivity index (χ0v) is 9.87. The van der Waals surface area contributed by atoms with Crippen LogP contribution in [0.3, 0.4) is 0 Å². The minimum atomic E-state index is -0.617. The van der Waals surface area contributed by atoms with E-state index >= 15 is 0 Å².